The molecule has 2 N–H and O–H groups in total. The maximum absolute atomic E-state index is 12.9. The Morgan fingerprint density at radius 3 is 2.12 bits per heavy atom. The van der Waals surface area contributed by atoms with Gasteiger partial charge >= 0.3 is 0 Å². The molecular weight excluding hydrogens is 329 g/mol. The highest BCUT2D eigenvalue weighted by Gasteiger charge is 2.13. The number of aromatic nitrogens is 1. The average Bonchev–Trinajstić information content (AvgIpc) is 2.59. The van der Waals surface area contributed by atoms with E-state index in [4.69, 9.17) is 0 Å². The van der Waals surface area contributed by atoms with Crippen molar-refractivity contribution >= 4 is 27.2 Å². The van der Waals surface area contributed by atoms with Crippen molar-refractivity contribution in [3.05, 3.63) is 78.7 Å². The van der Waals surface area contributed by atoms with Crippen LogP contribution in [0.2, 0.25) is 0 Å². The number of hydrogen-bond acceptors (Lipinski definition) is 4. The molecule has 0 aliphatic heterocycles. The fraction of sp³-hybridized carbons (Fsp3) is 0. The van der Waals surface area contributed by atoms with Crippen LogP contribution in [-0.4, -0.2) is 13.4 Å². The van der Waals surface area contributed by atoms with Gasteiger partial charge in [-0.1, -0.05) is 18.2 Å². The molecule has 2 aromatic carbocycles. The molecule has 7 heteroatoms. The summed E-state index contributed by atoms with van der Waals surface area (Å²) in [6.07, 6.45) is 1.49. The minimum absolute atomic E-state index is 0.167. The zero-order chi connectivity index (χ0) is 17.0. The fourth-order valence-electron chi connectivity index (χ4n) is 2.02. The first-order valence-electron chi connectivity index (χ1n) is 7.09. The van der Waals surface area contributed by atoms with Gasteiger partial charge < -0.3 is 5.32 Å². The Labute approximate surface area is 139 Å². The van der Waals surface area contributed by atoms with Crippen molar-refractivity contribution in [1.82, 2.24) is 4.98 Å². The summed E-state index contributed by atoms with van der Waals surface area (Å²) < 4.78 is 39.7. The van der Waals surface area contributed by atoms with Crippen molar-refractivity contribution in [3.63, 3.8) is 0 Å². The molecule has 0 atom stereocenters. The topological polar surface area (TPSA) is 71.1 Å². The Bertz CT molecular complexity index is 912. The third-order valence-electron chi connectivity index (χ3n) is 3.19. The molecule has 0 saturated carbocycles. The summed E-state index contributed by atoms with van der Waals surface area (Å²) in [5.74, 6) is -0.104. The van der Waals surface area contributed by atoms with E-state index < -0.39 is 10.0 Å². The van der Waals surface area contributed by atoms with E-state index in [1.54, 1.807) is 42.5 Å². The number of benzene rings is 2. The molecule has 24 heavy (non-hydrogen) atoms. The summed E-state index contributed by atoms with van der Waals surface area (Å²) >= 11 is 0. The number of rotatable bonds is 5. The van der Waals surface area contributed by atoms with E-state index in [1.807, 2.05) is 0 Å². The highest BCUT2D eigenvalue weighted by molar-refractivity contribution is 7.92. The second kappa shape index (κ2) is 6.67. The lowest BCUT2D eigenvalue weighted by molar-refractivity contribution is 0.601. The third-order valence-corrected chi connectivity index (χ3v) is 4.56. The summed E-state index contributed by atoms with van der Waals surface area (Å²) in [6, 6.07) is 17.2. The quantitative estimate of drug-likeness (QED) is 0.740. The molecule has 1 heterocycles. The smallest absolute Gasteiger partial charge is 0.263 e. The predicted molar refractivity (Wildman–Crippen MR) is 91.2 cm³/mol. The SMILES string of the molecule is O=S(=O)(Nc1ccc(Nc2ccc(F)cc2)cn1)c1ccccc1. The van der Waals surface area contributed by atoms with E-state index in [-0.39, 0.29) is 16.5 Å². The maximum Gasteiger partial charge on any atom is 0.263 e. The number of nitrogens with one attached hydrogen (secondary N) is 2. The van der Waals surface area contributed by atoms with Gasteiger partial charge in [-0.2, -0.15) is 0 Å². The highest BCUT2D eigenvalue weighted by Crippen LogP contribution is 2.19. The third kappa shape index (κ3) is 3.88. The van der Waals surface area contributed by atoms with E-state index in [0.29, 0.717) is 11.4 Å². The monoisotopic (exact) mass is 343 g/mol. The Morgan fingerprint density at radius 1 is 0.833 bits per heavy atom. The van der Waals surface area contributed by atoms with Crippen molar-refractivity contribution in [3.8, 4) is 0 Å². The van der Waals surface area contributed by atoms with Gasteiger partial charge in [0.25, 0.3) is 10.0 Å². The van der Waals surface area contributed by atoms with Gasteiger partial charge in [-0.25, -0.2) is 17.8 Å². The van der Waals surface area contributed by atoms with Crippen LogP contribution in [0.5, 0.6) is 0 Å². The van der Waals surface area contributed by atoms with Gasteiger partial charge in [-0.05, 0) is 48.5 Å². The second-order valence-corrected chi connectivity index (χ2v) is 6.66. The molecule has 0 bridgehead atoms. The minimum atomic E-state index is -3.66. The van der Waals surface area contributed by atoms with Crippen LogP contribution in [0.15, 0.2) is 77.8 Å². The molecule has 0 unspecified atom stereocenters. The summed E-state index contributed by atoms with van der Waals surface area (Å²) in [6.45, 7) is 0. The van der Waals surface area contributed by atoms with Gasteiger partial charge in [-0.3, -0.25) is 4.72 Å². The molecular formula is C17H14FN3O2S. The molecule has 0 amide bonds. The molecule has 0 aliphatic rings. The molecule has 0 spiro atoms. The van der Waals surface area contributed by atoms with Crippen LogP contribution in [0.3, 0.4) is 0 Å². The number of halogens is 1. The van der Waals surface area contributed by atoms with Crippen LogP contribution in [0.1, 0.15) is 0 Å². The van der Waals surface area contributed by atoms with E-state index in [1.165, 1.54) is 30.5 Å². The van der Waals surface area contributed by atoms with Crippen molar-refractivity contribution in [1.29, 1.82) is 0 Å². The van der Waals surface area contributed by atoms with Crippen LogP contribution < -0.4 is 10.0 Å². The Kier molecular flexibility index (Phi) is 4.43. The standard InChI is InChI=1S/C17H14FN3O2S/c18-13-6-8-14(9-7-13)20-15-10-11-17(19-12-15)21-24(22,23)16-4-2-1-3-5-16/h1-12,20H,(H,19,21). The molecule has 3 aromatic rings. The molecule has 3 rings (SSSR count). The molecule has 0 fully saturated rings. The Balaban J connectivity index is 1.72. The van der Waals surface area contributed by atoms with Crippen LogP contribution in [-0.2, 0) is 10.0 Å². The summed E-state index contributed by atoms with van der Waals surface area (Å²) in [7, 11) is -3.66. The van der Waals surface area contributed by atoms with Crippen molar-refractivity contribution in [2.75, 3.05) is 10.0 Å². The molecule has 0 radical (unpaired) electrons. The Morgan fingerprint density at radius 2 is 1.50 bits per heavy atom. The van der Waals surface area contributed by atoms with Crippen LogP contribution in [0, 0.1) is 5.82 Å². The molecule has 0 saturated heterocycles. The Hall–Kier alpha value is -2.93. The summed E-state index contributed by atoms with van der Waals surface area (Å²) in [4.78, 5) is 4.24. The summed E-state index contributed by atoms with van der Waals surface area (Å²) in [5.41, 5.74) is 1.36. The van der Waals surface area contributed by atoms with Crippen LogP contribution in [0.25, 0.3) is 0 Å². The second-order valence-electron chi connectivity index (χ2n) is 4.98. The molecule has 0 aliphatic carbocycles. The van der Waals surface area contributed by atoms with Gasteiger partial charge in [0.05, 0.1) is 16.8 Å². The number of hydrogen-bond donors (Lipinski definition) is 2. The van der Waals surface area contributed by atoms with E-state index in [2.05, 4.69) is 15.0 Å². The zero-order valence-corrected chi connectivity index (χ0v) is 13.3. The predicted octanol–water partition coefficient (Wildman–Crippen LogP) is 3.77. The van der Waals surface area contributed by atoms with Gasteiger partial charge in [0.1, 0.15) is 11.6 Å². The van der Waals surface area contributed by atoms with Crippen molar-refractivity contribution in [2.45, 2.75) is 4.90 Å². The number of pyridine rings is 1. The number of nitrogens with zero attached hydrogens (tertiary/aromatic N) is 1. The number of sulfonamides is 1. The first-order valence-corrected chi connectivity index (χ1v) is 8.58. The first kappa shape index (κ1) is 15.9. The zero-order valence-electron chi connectivity index (χ0n) is 12.5. The van der Waals surface area contributed by atoms with Gasteiger partial charge in [0, 0.05) is 5.69 Å². The summed E-state index contributed by atoms with van der Waals surface area (Å²) in [5, 5.41) is 3.05. The van der Waals surface area contributed by atoms with Gasteiger partial charge in [-0.15, -0.1) is 0 Å². The highest BCUT2D eigenvalue weighted by atomic mass is 32.2. The van der Waals surface area contributed by atoms with Crippen molar-refractivity contribution < 1.29 is 12.8 Å². The lowest BCUT2D eigenvalue weighted by Crippen LogP contribution is -2.13. The normalized spacial score (nSPS) is 11.0. The lowest BCUT2D eigenvalue weighted by Gasteiger charge is -2.09. The van der Waals surface area contributed by atoms with E-state index in [9.17, 15) is 12.8 Å². The molecule has 5 nitrogen and oxygen atoms in total. The maximum atomic E-state index is 12.9. The largest absolute Gasteiger partial charge is 0.354 e. The van der Waals surface area contributed by atoms with E-state index in [0.717, 1.165) is 0 Å². The van der Waals surface area contributed by atoms with Crippen molar-refractivity contribution in [2.24, 2.45) is 0 Å². The first-order chi connectivity index (χ1) is 11.5. The fourth-order valence-corrected chi connectivity index (χ4v) is 3.05. The average molecular weight is 343 g/mol. The molecule has 122 valence electrons. The van der Waals surface area contributed by atoms with Gasteiger partial charge in [0.15, 0.2) is 0 Å². The lowest BCUT2D eigenvalue weighted by atomic mass is 10.3. The van der Waals surface area contributed by atoms with Gasteiger partial charge in [0.2, 0.25) is 0 Å². The van der Waals surface area contributed by atoms with E-state index >= 15 is 0 Å². The van der Waals surface area contributed by atoms with Crippen LogP contribution >= 0.6 is 0 Å². The minimum Gasteiger partial charge on any atom is -0.354 e. The molecule has 1 aromatic heterocycles. The number of anilines is 3. The van der Waals surface area contributed by atoms with Crippen LogP contribution in [0.4, 0.5) is 21.6 Å².